The highest BCUT2D eigenvalue weighted by atomic mass is 79.9. The molecule has 0 unspecified atom stereocenters. The number of hydrogen-bond donors (Lipinski definition) is 1. The van der Waals surface area contributed by atoms with Gasteiger partial charge in [0.25, 0.3) is 5.91 Å². The van der Waals surface area contributed by atoms with Crippen molar-refractivity contribution in [1.29, 1.82) is 0 Å². The second-order valence-corrected chi connectivity index (χ2v) is 6.52. The number of hydrogen-bond acceptors (Lipinski definition) is 4. The molecule has 2 aromatic rings. The Balaban J connectivity index is 1.97. The molecule has 1 saturated heterocycles. The molecule has 0 atom stereocenters. The summed E-state index contributed by atoms with van der Waals surface area (Å²) < 4.78 is 11.5. The molecule has 25 heavy (non-hydrogen) atoms. The fourth-order valence-electron chi connectivity index (χ4n) is 2.47. The number of nitrogens with zero attached hydrogens (tertiary/aromatic N) is 1. The number of carbonyl (C=O) groups is 1. The minimum absolute atomic E-state index is 0.225. The summed E-state index contributed by atoms with van der Waals surface area (Å²) in [6.45, 7) is 0. The van der Waals surface area contributed by atoms with Gasteiger partial charge in [0.15, 0.2) is 5.11 Å². The van der Waals surface area contributed by atoms with Gasteiger partial charge < -0.3 is 14.8 Å². The highest BCUT2D eigenvalue weighted by Crippen LogP contribution is 2.28. The lowest BCUT2D eigenvalue weighted by Gasteiger charge is -2.13. The quantitative estimate of drug-likeness (QED) is 0.605. The zero-order chi connectivity index (χ0) is 18.0. The molecule has 0 spiro atoms. The second-order valence-electron chi connectivity index (χ2n) is 5.21. The first-order valence-corrected chi connectivity index (χ1v) is 8.58. The highest BCUT2D eigenvalue weighted by Gasteiger charge is 2.32. The van der Waals surface area contributed by atoms with E-state index in [0.29, 0.717) is 28.0 Å². The lowest BCUT2D eigenvalue weighted by molar-refractivity contribution is -0.113. The third-order valence-electron chi connectivity index (χ3n) is 3.70. The summed E-state index contributed by atoms with van der Waals surface area (Å²) in [7, 11) is 3.16. The molecule has 0 saturated carbocycles. The van der Waals surface area contributed by atoms with E-state index in [1.54, 1.807) is 38.5 Å². The Morgan fingerprint density at radius 2 is 1.84 bits per heavy atom. The monoisotopic (exact) mass is 418 g/mol. The number of methoxy groups -OCH3 is 2. The molecule has 7 heteroatoms. The maximum absolute atomic E-state index is 12.8. The van der Waals surface area contributed by atoms with Crippen molar-refractivity contribution in [2.75, 3.05) is 19.1 Å². The first-order valence-electron chi connectivity index (χ1n) is 7.38. The number of rotatable bonds is 4. The molecular weight excluding hydrogens is 404 g/mol. The summed E-state index contributed by atoms with van der Waals surface area (Å²) in [6.07, 6.45) is 1.70. The molecular formula is C18H15BrN2O3S. The maximum atomic E-state index is 12.8. The largest absolute Gasteiger partial charge is 0.497 e. The number of anilines is 1. The van der Waals surface area contributed by atoms with Crippen LogP contribution < -0.4 is 19.7 Å². The van der Waals surface area contributed by atoms with E-state index in [9.17, 15) is 4.79 Å². The number of benzene rings is 2. The molecule has 2 aromatic carbocycles. The fraction of sp³-hybridized carbons (Fsp3) is 0.111. The summed E-state index contributed by atoms with van der Waals surface area (Å²) in [5.41, 5.74) is 1.80. The molecule has 128 valence electrons. The van der Waals surface area contributed by atoms with Gasteiger partial charge in [0, 0.05) is 10.0 Å². The Morgan fingerprint density at radius 1 is 1.12 bits per heavy atom. The smallest absolute Gasteiger partial charge is 0.281 e. The average molecular weight is 419 g/mol. The van der Waals surface area contributed by atoms with Gasteiger partial charge in [-0.2, -0.15) is 0 Å². The third kappa shape index (κ3) is 3.52. The number of nitrogens with one attached hydrogen (secondary N) is 1. The molecule has 1 aliphatic rings. The van der Waals surface area contributed by atoms with Crippen molar-refractivity contribution in [1.82, 2.24) is 5.32 Å². The van der Waals surface area contributed by atoms with E-state index in [4.69, 9.17) is 21.7 Å². The predicted octanol–water partition coefficient (Wildman–Crippen LogP) is 3.73. The molecule has 0 bridgehead atoms. The van der Waals surface area contributed by atoms with Crippen LogP contribution in [-0.2, 0) is 4.79 Å². The van der Waals surface area contributed by atoms with E-state index in [1.165, 1.54) is 4.90 Å². The van der Waals surface area contributed by atoms with Gasteiger partial charge in [0.1, 0.15) is 17.2 Å². The lowest BCUT2D eigenvalue weighted by atomic mass is 10.1. The topological polar surface area (TPSA) is 50.8 Å². The van der Waals surface area contributed by atoms with Gasteiger partial charge in [-0.3, -0.25) is 9.69 Å². The van der Waals surface area contributed by atoms with Crippen LogP contribution in [0.3, 0.4) is 0 Å². The normalized spacial score (nSPS) is 15.5. The Hall–Kier alpha value is -2.38. The van der Waals surface area contributed by atoms with Crippen LogP contribution in [0.15, 0.2) is 52.6 Å². The molecule has 1 heterocycles. The minimum atomic E-state index is -0.225. The van der Waals surface area contributed by atoms with Gasteiger partial charge in [0.2, 0.25) is 0 Å². The van der Waals surface area contributed by atoms with Crippen molar-refractivity contribution in [3.63, 3.8) is 0 Å². The van der Waals surface area contributed by atoms with Crippen molar-refractivity contribution in [3.8, 4) is 11.5 Å². The van der Waals surface area contributed by atoms with E-state index >= 15 is 0 Å². The van der Waals surface area contributed by atoms with E-state index in [-0.39, 0.29) is 5.91 Å². The van der Waals surface area contributed by atoms with Crippen molar-refractivity contribution in [2.45, 2.75) is 0 Å². The molecule has 0 aromatic heterocycles. The van der Waals surface area contributed by atoms with Crippen LogP contribution in [0.5, 0.6) is 11.5 Å². The van der Waals surface area contributed by atoms with Crippen LogP contribution in [0, 0.1) is 0 Å². The summed E-state index contributed by atoms with van der Waals surface area (Å²) >= 11 is 8.70. The highest BCUT2D eigenvalue weighted by molar-refractivity contribution is 9.10. The summed E-state index contributed by atoms with van der Waals surface area (Å²) in [4.78, 5) is 14.2. The molecule has 1 N–H and O–H groups in total. The van der Waals surface area contributed by atoms with E-state index in [2.05, 4.69) is 21.2 Å². The standard InChI is InChI=1S/C18H15BrN2O3S/c1-23-14-7-8-16(24-2)11(9-14)10-15-17(22)21(18(25)20-15)13-5-3-12(19)4-6-13/h3-10H,1-2H3,(H,20,25)/b15-10+. The predicted molar refractivity (Wildman–Crippen MR) is 105 cm³/mol. The maximum Gasteiger partial charge on any atom is 0.281 e. The van der Waals surface area contributed by atoms with Crippen molar-refractivity contribution >= 4 is 50.9 Å². The van der Waals surface area contributed by atoms with Crippen molar-refractivity contribution < 1.29 is 14.3 Å². The Bertz CT molecular complexity index is 865. The molecule has 1 fully saturated rings. The van der Waals surface area contributed by atoms with Crippen molar-refractivity contribution in [2.24, 2.45) is 0 Å². The Labute approximate surface area is 159 Å². The summed E-state index contributed by atoms with van der Waals surface area (Å²) in [6, 6.07) is 12.7. The first kappa shape index (κ1) is 17.4. The van der Waals surface area contributed by atoms with Crippen LogP contribution in [0.1, 0.15) is 5.56 Å². The van der Waals surface area contributed by atoms with Crippen LogP contribution in [0.25, 0.3) is 6.08 Å². The molecule has 1 aliphatic heterocycles. The lowest BCUT2D eigenvalue weighted by Crippen LogP contribution is -2.30. The number of ether oxygens (including phenoxy) is 2. The van der Waals surface area contributed by atoms with Gasteiger partial charge in [0.05, 0.1) is 19.9 Å². The van der Waals surface area contributed by atoms with E-state index in [0.717, 1.165) is 10.0 Å². The number of carbonyl (C=O) groups excluding carboxylic acids is 1. The average Bonchev–Trinajstić information content (AvgIpc) is 2.89. The van der Waals surface area contributed by atoms with Crippen LogP contribution in [0.2, 0.25) is 0 Å². The van der Waals surface area contributed by atoms with Gasteiger partial charge >= 0.3 is 0 Å². The zero-order valence-electron chi connectivity index (χ0n) is 13.6. The summed E-state index contributed by atoms with van der Waals surface area (Å²) in [5.74, 6) is 1.08. The van der Waals surface area contributed by atoms with Crippen molar-refractivity contribution in [3.05, 3.63) is 58.2 Å². The zero-order valence-corrected chi connectivity index (χ0v) is 16.0. The van der Waals surface area contributed by atoms with Gasteiger partial charge in [-0.25, -0.2) is 0 Å². The molecule has 1 amide bonds. The molecule has 0 radical (unpaired) electrons. The fourth-order valence-corrected chi connectivity index (χ4v) is 3.03. The Morgan fingerprint density at radius 3 is 2.48 bits per heavy atom. The van der Waals surface area contributed by atoms with Gasteiger partial charge in [-0.15, -0.1) is 0 Å². The van der Waals surface area contributed by atoms with Gasteiger partial charge in [-0.1, -0.05) is 15.9 Å². The van der Waals surface area contributed by atoms with E-state index < -0.39 is 0 Å². The second kappa shape index (κ2) is 7.25. The Kier molecular flexibility index (Phi) is 5.06. The molecule has 3 rings (SSSR count). The first-order chi connectivity index (χ1) is 12.0. The molecule has 5 nitrogen and oxygen atoms in total. The number of amides is 1. The SMILES string of the molecule is COc1ccc(OC)c(/C=C2/NC(=S)N(c3ccc(Br)cc3)C2=O)c1. The van der Waals surface area contributed by atoms with Crippen LogP contribution in [-0.4, -0.2) is 25.2 Å². The van der Waals surface area contributed by atoms with Gasteiger partial charge in [-0.05, 0) is 60.8 Å². The molecule has 0 aliphatic carbocycles. The van der Waals surface area contributed by atoms with Crippen LogP contribution >= 0.6 is 28.1 Å². The summed E-state index contributed by atoms with van der Waals surface area (Å²) in [5, 5.41) is 3.30. The van der Waals surface area contributed by atoms with E-state index in [1.807, 2.05) is 24.3 Å². The van der Waals surface area contributed by atoms with Crippen LogP contribution in [0.4, 0.5) is 5.69 Å². The number of thiocarbonyl (C=S) groups is 1. The minimum Gasteiger partial charge on any atom is -0.497 e. The number of halogens is 1. The third-order valence-corrected chi connectivity index (χ3v) is 4.51.